The maximum absolute atomic E-state index is 14.7. The average Bonchev–Trinajstić information content (AvgIpc) is 1.03. The summed E-state index contributed by atoms with van der Waals surface area (Å²) in [6, 6.07) is 11.7. The summed E-state index contributed by atoms with van der Waals surface area (Å²) in [5.74, 6) is -16.3. The van der Waals surface area contributed by atoms with Gasteiger partial charge in [-0.05, 0) is 126 Å². The molecule has 7 N–H and O–H groups in total. The van der Waals surface area contributed by atoms with Gasteiger partial charge in [0.1, 0.15) is 11.8 Å². The minimum Gasteiger partial charge on any atom is -0.420 e. The van der Waals surface area contributed by atoms with Crippen LogP contribution in [0.5, 0.6) is 5.75 Å². The fourth-order valence-electron chi connectivity index (χ4n) is 14.5. The molecule has 0 aliphatic carbocycles. The van der Waals surface area contributed by atoms with Gasteiger partial charge in [0.15, 0.2) is 17.4 Å². The molecule has 2 fully saturated rings. The fraction of sp³-hybridized carbons (Fsp3) is 0.636. The number of likely N-dealkylation sites (N-methyl/N-ethyl adjacent to an activating group) is 2. The summed E-state index contributed by atoms with van der Waals surface area (Å²) in [6.45, 7) is 20.6. The number of nitrogens with one attached hydrogen (secondary N) is 5. The van der Waals surface area contributed by atoms with Crippen LogP contribution in [0.1, 0.15) is 157 Å². The number of primary amides is 1. The summed E-state index contributed by atoms with van der Waals surface area (Å²) in [5.41, 5.74) is 6.29. The van der Waals surface area contributed by atoms with Gasteiger partial charge in [0.05, 0.1) is 48.7 Å². The molecule has 2 unspecified atom stereocenters. The Hall–Kier alpha value is -7.88. The minimum absolute atomic E-state index is 0.0128. The Morgan fingerprint density at radius 2 is 1.33 bits per heavy atom. The molecule has 3 aromatic rings. The van der Waals surface area contributed by atoms with Crippen LogP contribution >= 0.6 is 0 Å². The molecule has 0 radical (unpaired) electrons. The smallest absolute Gasteiger partial charge is 0.315 e. The first-order valence-electron chi connectivity index (χ1n) is 36.5. The standard InChI is InChI=1S/C77H114F4N10O13/c1-17-46(8)69(89(14)75(99)67(44(4)5)87-74(98)68(45(6)7)88(12)13)59(102-15)40-61(95)91-35-22-27-56(91)70(103-16)48(10)57(92)39-53(37-50-24-19-18-20-25-50)72(96)84-41-51-29-31-55(32-30-51)85-73(97)52(26-21-33-83-77(82)101)38-58(93)66(43(2)3)86-60(94)28-23-34-90-42-54(36-47(90)9)76(100)104-71-64(80)62(78)49(11)63(79)65(71)81/h18-20,24-25,29-32,43-48,52-54,56,59,66-70H,17,21-23,26-28,33-42H2,1-16H3,(H,84,96)(H,85,97)(H,86,94)(H,87,98)(H3,82,83,101)/t46-,47?,48-,52+,53+,54?,56-,59+,66-,67-,68-,69-,70+/m0/s1. The lowest BCUT2D eigenvalue weighted by Gasteiger charge is -2.41. The van der Waals surface area contributed by atoms with Gasteiger partial charge in [0.25, 0.3) is 0 Å². The Bertz CT molecular complexity index is 3360. The number of halogens is 4. The average molecular weight is 1460 g/mol. The zero-order valence-electron chi connectivity index (χ0n) is 63.6. The summed E-state index contributed by atoms with van der Waals surface area (Å²) in [6.07, 6.45) is 1.09. The van der Waals surface area contributed by atoms with E-state index >= 15 is 0 Å². The van der Waals surface area contributed by atoms with E-state index < -0.39 is 136 Å². The van der Waals surface area contributed by atoms with E-state index in [1.807, 2.05) is 95.8 Å². The summed E-state index contributed by atoms with van der Waals surface area (Å²) < 4.78 is 74.5. The van der Waals surface area contributed by atoms with E-state index in [-0.39, 0.29) is 131 Å². The number of methoxy groups -OCH3 is 2. The van der Waals surface area contributed by atoms with Crippen molar-refractivity contribution in [3.63, 3.8) is 0 Å². The molecule has 2 aliphatic rings. The minimum atomic E-state index is -1.82. The first kappa shape index (κ1) is 86.8. The number of ketones is 2. The predicted molar refractivity (Wildman–Crippen MR) is 387 cm³/mol. The van der Waals surface area contributed by atoms with Crippen LogP contribution < -0.4 is 37.1 Å². The number of amides is 8. The molecule has 3 aromatic carbocycles. The van der Waals surface area contributed by atoms with Gasteiger partial charge in [-0.25, -0.2) is 13.6 Å². The summed E-state index contributed by atoms with van der Waals surface area (Å²) in [5, 5.41) is 14.2. The van der Waals surface area contributed by atoms with Crippen molar-refractivity contribution in [3.8, 4) is 5.75 Å². The molecule has 578 valence electrons. The molecule has 8 amide bonds. The number of likely N-dealkylation sites (tertiary alicyclic amines) is 2. The molecule has 2 aliphatic heterocycles. The highest BCUT2D eigenvalue weighted by Gasteiger charge is 2.45. The normalized spacial score (nSPS) is 18.4. The first-order chi connectivity index (χ1) is 49.1. The molecule has 0 saturated carbocycles. The second-order valence-electron chi connectivity index (χ2n) is 29.5. The van der Waals surface area contributed by atoms with Crippen molar-refractivity contribution in [2.75, 3.05) is 66.9 Å². The molecule has 104 heavy (non-hydrogen) atoms. The number of nitrogens with two attached hydrogens (primary N) is 1. The Morgan fingerprint density at radius 1 is 0.702 bits per heavy atom. The van der Waals surface area contributed by atoms with Crippen LogP contribution in [0, 0.1) is 77.5 Å². The van der Waals surface area contributed by atoms with E-state index in [9.17, 15) is 65.5 Å². The zero-order valence-corrected chi connectivity index (χ0v) is 63.6. The van der Waals surface area contributed by atoms with Gasteiger partial charge in [-0.2, -0.15) is 8.78 Å². The van der Waals surface area contributed by atoms with E-state index in [0.29, 0.717) is 43.6 Å². The number of nitrogens with zero attached hydrogens (tertiary/aromatic N) is 4. The molecule has 13 atom stereocenters. The summed E-state index contributed by atoms with van der Waals surface area (Å²) in [4.78, 5) is 145. The van der Waals surface area contributed by atoms with Crippen LogP contribution in [0.4, 0.5) is 28.0 Å². The maximum Gasteiger partial charge on any atom is 0.315 e. The van der Waals surface area contributed by atoms with E-state index in [4.69, 9.17) is 19.9 Å². The second kappa shape index (κ2) is 41.1. The molecule has 5 rings (SSSR count). The Balaban J connectivity index is 1.20. The molecule has 0 spiro atoms. The SMILES string of the molecule is CC[C@H](C)[C@@H]([C@@H](CC(=O)N1CCC[C@H]1[C@H](OC)[C@@H](C)C(=O)C[C@@H](Cc1ccccc1)C(=O)NCc1ccc(NC(=O)[C@H](CCCNC(N)=O)CC(=O)[C@@H](NC(=O)CCCN2CC(C(=O)Oc3c(F)c(F)c(C)c(F)c3F)CC2C)C(C)C)cc1)OC)N(C)C(=O)[C@@H](NC(=O)[C@H](C(C)C)N(C)C)C(C)C. The largest absolute Gasteiger partial charge is 0.420 e. The van der Waals surface area contributed by atoms with Crippen molar-refractivity contribution in [2.45, 2.75) is 208 Å². The van der Waals surface area contributed by atoms with Crippen LogP contribution in [0.3, 0.4) is 0 Å². The third-order valence-electron chi connectivity index (χ3n) is 20.6. The lowest BCUT2D eigenvalue weighted by atomic mass is 9.85. The van der Waals surface area contributed by atoms with E-state index in [1.165, 1.54) is 14.2 Å². The van der Waals surface area contributed by atoms with Crippen molar-refractivity contribution >= 4 is 64.7 Å². The van der Waals surface area contributed by atoms with Gasteiger partial charge in [-0.3, -0.25) is 53.0 Å². The number of benzene rings is 3. The number of ether oxygens (including phenoxy) is 3. The molecule has 0 aromatic heterocycles. The third kappa shape index (κ3) is 24.1. The third-order valence-corrected chi connectivity index (χ3v) is 20.6. The number of carbonyl (C=O) groups is 10. The molecule has 2 heterocycles. The number of esters is 1. The van der Waals surface area contributed by atoms with Crippen LogP contribution in [0.25, 0.3) is 0 Å². The molecule has 27 heteroatoms. The van der Waals surface area contributed by atoms with Crippen LogP contribution in [0.15, 0.2) is 54.6 Å². The first-order valence-corrected chi connectivity index (χ1v) is 36.5. The van der Waals surface area contributed by atoms with Crippen molar-refractivity contribution in [1.29, 1.82) is 0 Å². The number of hydrogen-bond donors (Lipinski definition) is 6. The molecular formula is C77H114F4N10O13. The monoisotopic (exact) mass is 1460 g/mol. The second-order valence-corrected chi connectivity index (χ2v) is 29.5. The van der Waals surface area contributed by atoms with Gasteiger partial charge < -0.3 is 56.3 Å². The van der Waals surface area contributed by atoms with Crippen molar-refractivity contribution in [1.82, 2.24) is 40.9 Å². The fourth-order valence-corrected chi connectivity index (χ4v) is 14.5. The highest BCUT2D eigenvalue weighted by atomic mass is 19.2. The highest BCUT2D eigenvalue weighted by molar-refractivity contribution is 5.97. The number of carbonyl (C=O) groups excluding carboxylic acids is 10. The lowest BCUT2D eigenvalue weighted by molar-refractivity contribution is -0.148. The van der Waals surface area contributed by atoms with Gasteiger partial charge in [0, 0.05) is 102 Å². The summed E-state index contributed by atoms with van der Waals surface area (Å²) >= 11 is 0. The van der Waals surface area contributed by atoms with Gasteiger partial charge in [0.2, 0.25) is 52.8 Å². The molecule has 23 nitrogen and oxygen atoms in total. The van der Waals surface area contributed by atoms with Gasteiger partial charge in [-0.15, -0.1) is 0 Å². The highest BCUT2D eigenvalue weighted by Crippen LogP contribution is 2.34. The van der Waals surface area contributed by atoms with Crippen LogP contribution in [-0.4, -0.2) is 189 Å². The predicted octanol–water partition coefficient (Wildman–Crippen LogP) is 8.83. The van der Waals surface area contributed by atoms with Gasteiger partial charge >= 0.3 is 12.0 Å². The zero-order chi connectivity index (χ0) is 77.6. The van der Waals surface area contributed by atoms with Crippen molar-refractivity contribution < 1.29 is 79.7 Å². The lowest BCUT2D eigenvalue weighted by Crippen LogP contribution is -2.59. The molecular weight excluding hydrogens is 1350 g/mol. The Labute approximate surface area is 611 Å². The van der Waals surface area contributed by atoms with E-state index in [1.54, 1.807) is 68.8 Å². The van der Waals surface area contributed by atoms with Gasteiger partial charge in [-0.1, -0.05) is 111 Å². The van der Waals surface area contributed by atoms with Crippen LogP contribution in [-0.2, 0) is 65.6 Å². The number of hydrogen-bond acceptors (Lipinski definition) is 15. The number of Topliss-reactive ketones (excluding diaryl/α,β-unsaturated/α-hetero) is 2. The van der Waals surface area contributed by atoms with E-state index in [2.05, 4.69) is 26.6 Å². The molecule has 0 bridgehead atoms. The number of anilines is 1. The quantitative estimate of drug-likeness (QED) is 0.0102. The van der Waals surface area contributed by atoms with Crippen molar-refractivity contribution in [2.24, 2.45) is 53.1 Å². The maximum atomic E-state index is 14.7. The van der Waals surface area contributed by atoms with Crippen molar-refractivity contribution in [3.05, 3.63) is 94.6 Å². The Kier molecular flexibility index (Phi) is 34.3. The van der Waals surface area contributed by atoms with Crippen LogP contribution in [0.2, 0.25) is 0 Å². The summed E-state index contributed by atoms with van der Waals surface area (Å²) in [7, 11) is 8.40. The molecule has 2 saturated heterocycles. The number of urea groups is 1. The Morgan fingerprint density at radius 3 is 1.89 bits per heavy atom. The van der Waals surface area contributed by atoms with E-state index in [0.717, 1.165) is 12.5 Å². The number of rotatable bonds is 41. The topological polar surface area (TPSA) is 298 Å².